The molecule has 0 amide bonds. The maximum Gasteiger partial charge on any atom is 0.127 e. The van der Waals surface area contributed by atoms with Gasteiger partial charge in [-0.25, -0.2) is 4.39 Å². The van der Waals surface area contributed by atoms with Gasteiger partial charge >= 0.3 is 0 Å². The number of thiophene rings is 1. The van der Waals surface area contributed by atoms with Crippen molar-refractivity contribution in [3.8, 4) is 0 Å². The van der Waals surface area contributed by atoms with Gasteiger partial charge in [-0.2, -0.15) is 0 Å². The summed E-state index contributed by atoms with van der Waals surface area (Å²) in [6.45, 7) is 0. The molecule has 0 saturated carbocycles. The number of hydrogen-bond acceptors (Lipinski definition) is 1. The van der Waals surface area contributed by atoms with Crippen LogP contribution in [0.3, 0.4) is 0 Å². The highest BCUT2D eigenvalue weighted by Gasteiger charge is 2.18. The van der Waals surface area contributed by atoms with Crippen molar-refractivity contribution in [3.63, 3.8) is 0 Å². The zero-order valence-corrected chi connectivity index (χ0v) is 13.5. The minimum Gasteiger partial charge on any atom is -0.207 e. The van der Waals surface area contributed by atoms with Crippen LogP contribution in [0.1, 0.15) is 16.0 Å². The van der Waals surface area contributed by atoms with Crippen molar-refractivity contribution in [2.45, 2.75) is 4.83 Å². The van der Waals surface area contributed by atoms with Crippen molar-refractivity contribution in [3.05, 3.63) is 54.8 Å². The van der Waals surface area contributed by atoms with Crippen molar-refractivity contribution in [2.75, 3.05) is 0 Å². The van der Waals surface area contributed by atoms with Gasteiger partial charge in [-0.3, -0.25) is 0 Å². The fourth-order valence-electron chi connectivity index (χ4n) is 1.37. The molecule has 1 atom stereocenters. The van der Waals surface area contributed by atoms with Crippen LogP contribution >= 0.6 is 59.1 Å². The fourth-order valence-corrected chi connectivity index (χ4v) is 5.47. The predicted molar refractivity (Wildman–Crippen MR) is 76.9 cm³/mol. The average molecular weight is 429 g/mol. The van der Waals surface area contributed by atoms with Gasteiger partial charge in [-0.05, 0) is 49.6 Å². The Labute approximate surface area is 122 Å². The lowest BCUT2D eigenvalue weighted by atomic mass is 10.1. The SMILES string of the molecule is Fc1ccccc1C(Br)c1cc(Br)sc1Br. The van der Waals surface area contributed by atoms with E-state index in [0.29, 0.717) is 5.56 Å². The number of halogens is 4. The maximum atomic E-state index is 13.6. The minimum absolute atomic E-state index is 0.134. The van der Waals surface area contributed by atoms with Crippen molar-refractivity contribution < 1.29 is 4.39 Å². The molecule has 16 heavy (non-hydrogen) atoms. The van der Waals surface area contributed by atoms with Crippen LogP contribution in [0.2, 0.25) is 0 Å². The predicted octanol–water partition coefficient (Wildman–Crippen LogP) is 5.90. The fraction of sp³-hybridized carbons (Fsp3) is 0.0909. The number of hydrogen-bond donors (Lipinski definition) is 0. The summed E-state index contributed by atoms with van der Waals surface area (Å²) in [5.74, 6) is -0.196. The van der Waals surface area contributed by atoms with E-state index in [9.17, 15) is 4.39 Å². The standard InChI is InChI=1S/C11H6Br3FS/c12-9-5-7(11(14)16-9)10(13)6-3-1-2-4-8(6)15/h1-5,10H. The summed E-state index contributed by atoms with van der Waals surface area (Å²) in [7, 11) is 0. The Bertz CT molecular complexity index is 510. The Morgan fingerprint density at radius 2 is 1.81 bits per heavy atom. The van der Waals surface area contributed by atoms with Crippen LogP contribution in [0.25, 0.3) is 0 Å². The van der Waals surface area contributed by atoms with E-state index in [1.54, 1.807) is 23.5 Å². The highest BCUT2D eigenvalue weighted by molar-refractivity contribution is 9.12. The summed E-state index contributed by atoms with van der Waals surface area (Å²) in [6.07, 6.45) is 0. The third-order valence-corrected chi connectivity index (χ3v) is 5.51. The van der Waals surface area contributed by atoms with Crippen LogP contribution in [0.4, 0.5) is 4.39 Å². The monoisotopic (exact) mass is 426 g/mol. The molecule has 0 nitrogen and oxygen atoms in total. The summed E-state index contributed by atoms with van der Waals surface area (Å²) in [4.78, 5) is -0.134. The van der Waals surface area contributed by atoms with E-state index >= 15 is 0 Å². The summed E-state index contributed by atoms with van der Waals surface area (Å²) in [5, 5.41) is 0. The summed E-state index contributed by atoms with van der Waals surface area (Å²) < 4.78 is 15.6. The van der Waals surface area contributed by atoms with Crippen LogP contribution in [0.5, 0.6) is 0 Å². The summed E-state index contributed by atoms with van der Waals surface area (Å²) >= 11 is 12.0. The first-order chi connectivity index (χ1) is 7.59. The first kappa shape index (κ1) is 12.7. The molecular weight excluding hydrogens is 423 g/mol. The van der Waals surface area contributed by atoms with Crippen LogP contribution in [-0.2, 0) is 0 Å². The molecule has 0 aliphatic heterocycles. The largest absolute Gasteiger partial charge is 0.207 e. The lowest BCUT2D eigenvalue weighted by molar-refractivity contribution is 0.613. The topological polar surface area (TPSA) is 0 Å². The summed E-state index contributed by atoms with van der Waals surface area (Å²) in [5.41, 5.74) is 1.68. The molecule has 0 aliphatic rings. The molecule has 0 spiro atoms. The Morgan fingerprint density at radius 3 is 2.38 bits per heavy atom. The molecule has 1 unspecified atom stereocenters. The van der Waals surface area contributed by atoms with E-state index in [-0.39, 0.29) is 10.6 Å². The van der Waals surface area contributed by atoms with Gasteiger partial charge in [0.1, 0.15) is 5.82 Å². The first-order valence-electron chi connectivity index (χ1n) is 4.43. The second-order valence-electron chi connectivity index (χ2n) is 3.16. The molecule has 2 aromatic rings. The molecule has 0 saturated heterocycles. The van der Waals surface area contributed by atoms with E-state index in [1.807, 2.05) is 12.1 Å². The number of benzene rings is 1. The lowest BCUT2D eigenvalue weighted by Gasteiger charge is -2.10. The van der Waals surface area contributed by atoms with Crippen molar-refractivity contribution in [1.82, 2.24) is 0 Å². The van der Waals surface area contributed by atoms with Crippen LogP contribution in [0.15, 0.2) is 37.9 Å². The van der Waals surface area contributed by atoms with Gasteiger partial charge < -0.3 is 0 Å². The molecule has 1 heterocycles. The molecule has 0 N–H and O–H groups in total. The van der Waals surface area contributed by atoms with E-state index in [4.69, 9.17) is 0 Å². The minimum atomic E-state index is -0.196. The van der Waals surface area contributed by atoms with E-state index in [0.717, 1.165) is 13.1 Å². The highest BCUT2D eigenvalue weighted by atomic mass is 79.9. The second-order valence-corrected chi connectivity index (χ2v) is 7.83. The smallest absolute Gasteiger partial charge is 0.127 e. The van der Waals surface area contributed by atoms with Gasteiger partial charge in [-0.15, -0.1) is 11.3 Å². The number of rotatable bonds is 2. The molecule has 0 aliphatic carbocycles. The van der Waals surface area contributed by atoms with Gasteiger partial charge in [0.05, 0.1) is 12.4 Å². The molecule has 0 radical (unpaired) electrons. The van der Waals surface area contributed by atoms with Crippen LogP contribution in [-0.4, -0.2) is 0 Å². The van der Waals surface area contributed by atoms with Crippen LogP contribution < -0.4 is 0 Å². The van der Waals surface area contributed by atoms with Gasteiger partial charge in [0, 0.05) is 5.56 Å². The van der Waals surface area contributed by atoms with E-state index < -0.39 is 0 Å². The third kappa shape index (κ3) is 2.58. The van der Waals surface area contributed by atoms with Crippen molar-refractivity contribution >= 4 is 59.1 Å². The van der Waals surface area contributed by atoms with E-state index in [2.05, 4.69) is 47.8 Å². The molecule has 1 aromatic carbocycles. The Hall–Kier alpha value is 0.290. The van der Waals surface area contributed by atoms with Crippen molar-refractivity contribution in [1.29, 1.82) is 0 Å². The maximum absolute atomic E-state index is 13.6. The zero-order valence-electron chi connectivity index (χ0n) is 7.88. The van der Waals surface area contributed by atoms with Crippen molar-refractivity contribution in [2.24, 2.45) is 0 Å². The molecular formula is C11H6Br3FS. The molecule has 5 heteroatoms. The van der Waals surface area contributed by atoms with Gasteiger partial charge in [0.15, 0.2) is 0 Å². The number of alkyl halides is 1. The molecule has 1 aromatic heterocycles. The van der Waals surface area contributed by atoms with Gasteiger partial charge in [0.2, 0.25) is 0 Å². The van der Waals surface area contributed by atoms with E-state index in [1.165, 1.54) is 6.07 Å². The molecule has 0 bridgehead atoms. The third-order valence-electron chi connectivity index (χ3n) is 2.13. The van der Waals surface area contributed by atoms with Gasteiger partial charge in [-0.1, -0.05) is 34.1 Å². The van der Waals surface area contributed by atoms with Gasteiger partial charge in [0.25, 0.3) is 0 Å². The molecule has 0 fully saturated rings. The highest BCUT2D eigenvalue weighted by Crippen LogP contribution is 2.42. The van der Waals surface area contributed by atoms with Crippen LogP contribution in [0, 0.1) is 5.82 Å². The average Bonchev–Trinajstić information content (AvgIpc) is 2.58. The normalized spacial score (nSPS) is 12.8. The molecule has 84 valence electrons. The molecule has 2 rings (SSSR count). The Balaban J connectivity index is 2.43. The Morgan fingerprint density at radius 1 is 1.12 bits per heavy atom. The zero-order chi connectivity index (χ0) is 11.7. The quantitative estimate of drug-likeness (QED) is 0.522. The Kier molecular flexibility index (Phi) is 4.21. The first-order valence-corrected chi connectivity index (χ1v) is 7.74. The second kappa shape index (κ2) is 5.29. The lowest BCUT2D eigenvalue weighted by Crippen LogP contribution is -1.95. The summed E-state index contributed by atoms with van der Waals surface area (Å²) in [6, 6.07) is 8.77.